The van der Waals surface area contributed by atoms with Crippen LogP contribution in [0.4, 0.5) is 0 Å². The van der Waals surface area contributed by atoms with Gasteiger partial charge in [0.05, 0.1) is 5.39 Å². The zero-order valence-electron chi connectivity index (χ0n) is 9.09. The minimum absolute atomic E-state index is 0.115. The lowest BCUT2D eigenvalue weighted by Crippen LogP contribution is -1.89. The molecule has 3 N–H and O–H groups in total. The van der Waals surface area contributed by atoms with Crippen LogP contribution >= 0.6 is 8.25 Å². The number of aliphatic hydroxyl groups excluding tert-OH is 1. The number of rotatable bonds is 5. The summed E-state index contributed by atoms with van der Waals surface area (Å²) < 4.78 is 15.6. The number of benzene rings is 1. The Labute approximate surface area is 99.0 Å². The molecule has 1 aromatic heterocycles. The van der Waals surface area contributed by atoms with Gasteiger partial charge in [0.15, 0.2) is 5.75 Å². The van der Waals surface area contributed by atoms with Gasteiger partial charge in [0.25, 0.3) is 0 Å². The van der Waals surface area contributed by atoms with E-state index in [2.05, 4.69) is 4.98 Å². The molecule has 0 amide bonds. The van der Waals surface area contributed by atoms with Crippen molar-refractivity contribution in [2.45, 2.75) is 12.8 Å². The molecule has 2 aromatic rings. The summed E-state index contributed by atoms with van der Waals surface area (Å²) in [5, 5.41) is 9.63. The first-order valence-corrected chi connectivity index (χ1v) is 6.39. The van der Waals surface area contributed by atoms with Crippen molar-refractivity contribution in [2.24, 2.45) is 0 Å². The van der Waals surface area contributed by atoms with Gasteiger partial charge in [0.1, 0.15) is 0 Å². The van der Waals surface area contributed by atoms with E-state index in [4.69, 9.17) is 14.5 Å². The third kappa shape index (κ3) is 2.64. The number of aromatic amines is 1. The van der Waals surface area contributed by atoms with Crippen LogP contribution in [0.1, 0.15) is 12.0 Å². The fourth-order valence-corrected chi connectivity index (χ4v) is 2.17. The fourth-order valence-electron chi connectivity index (χ4n) is 1.85. The van der Waals surface area contributed by atoms with Crippen molar-refractivity contribution >= 4 is 19.2 Å². The van der Waals surface area contributed by atoms with Crippen LogP contribution in [-0.4, -0.2) is 21.6 Å². The molecule has 0 aliphatic rings. The number of fused-ring (bicyclic) bond motifs is 1. The summed E-state index contributed by atoms with van der Waals surface area (Å²) in [4.78, 5) is 11.9. The minimum atomic E-state index is -2.67. The molecule has 6 heteroatoms. The first-order valence-electron chi connectivity index (χ1n) is 5.26. The van der Waals surface area contributed by atoms with Gasteiger partial charge in [-0.05, 0) is 30.5 Å². The lowest BCUT2D eigenvalue weighted by Gasteiger charge is -1.99. The Morgan fingerprint density at radius 2 is 2.24 bits per heavy atom. The van der Waals surface area contributed by atoms with E-state index in [1.165, 1.54) is 0 Å². The maximum Gasteiger partial charge on any atom is 0.747 e. The molecule has 90 valence electrons. The molecule has 0 saturated carbocycles. The number of hydrogen-bond acceptors (Lipinski definition) is 3. The molecule has 5 nitrogen and oxygen atoms in total. The zero-order valence-corrected chi connectivity index (χ0v) is 9.98. The molecule has 1 atom stereocenters. The van der Waals surface area contributed by atoms with Gasteiger partial charge >= 0.3 is 8.25 Å². The third-order valence-corrected chi connectivity index (χ3v) is 2.88. The van der Waals surface area contributed by atoms with Gasteiger partial charge in [0.2, 0.25) is 0 Å². The van der Waals surface area contributed by atoms with Crippen molar-refractivity contribution in [3.63, 3.8) is 0 Å². The van der Waals surface area contributed by atoms with Gasteiger partial charge < -0.3 is 10.1 Å². The summed E-state index contributed by atoms with van der Waals surface area (Å²) in [7, 11) is -2.67. The number of hydrogen-bond donors (Lipinski definition) is 3. The Morgan fingerprint density at radius 3 is 2.94 bits per heavy atom. The van der Waals surface area contributed by atoms with Crippen molar-refractivity contribution < 1.29 is 19.1 Å². The monoisotopic (exact) mass is 254 g/mol. The van der Waals surface area contributed by atoms with Gasteiger partial charge in [-0.25, -0.2) is 4.52 Å². The molecule has 0 spiro atoms. The maximum atomic E-state index is 10.7. The smallest absolute Gasteiger partial charge is 0.396 e. The number of aromatic nitrogens is 1. The summed E-state index contributed by atoms with van der Waals surface area (Å²) in [6, 6.07) is 5.28. The Bertz CT molecular complexity index is 537. The van der Waals surface area contributed by atoms with Gasteiger partial charge in [-0.2, -0.15) is 0 Å². The van der Waals surface area contributed by atoms with Crippen molar-refractivity contribution in [1.29, 1.82) is 0 Å². The molecular weight excluding hydrogens is 241 g/mol. The molecule has 0 fully saturated rings. The van der Waals surface area contributed by atoms with Crippen LogP contribution in [0.3, 0.4) is 0 Å². The largest absolute Gasteiger partial charge is 0.747 e. The predicted octanol–water partition coefficient (Wildman–Crippen LogP) is 2.12. The van der Waals surface area contributed by atoms with Crippen LogP contribution < -0.4 is 4.52 Å². The normalized spacial score (nSPS) is 11.8. The number of aryl methyl sites for hydroxylation is 1. The highest BCUT2D eigenvalue weighted by molar-refractivity contribution is 7.32. The molecule has 1 unspecified atom stereocenters. The zero-order chi connectivity index (χ0) is 12.3. The Morgan fingerprint density at radius 1 is 1.41 bits per heavy atom. The number of nitrogens with one attached hydrogen (secondary N) is 1. The fraction of sp³-hybridized carbons (Fsp3) is 0.273. The summed E-state index contributed by atoms with van der Waals surface area (Å²) in [5.74, 6) is 0.389. The molecule has 0 aliphatic heterocycles. The van der Waals surface area contributed by atoms with E-state index in [0.717, 1.165) is 16.5 Å². The number of H-pyrrole nitrogens is 1. The second-order valence-corrected chi connectivity index (χ2v) is 4.31. The highest BCUT2D eigenvalue weighted by Gasteiger charge is 2.19. The van der Waals surface area contributed by atoms with Crippen LogP contribution in [0.15, 0.2) is 24.4 Å². The first-order chi connectivity index (χ1) is 8.22. The van der Waals surface area contributed by atoms with Crippen LogP contribution in [0.2, 0.25) is 0 Å². The topological polar surface area (TPSA) is 82.5 Å². The van der Waals surface area contributed by atoms with E-state index >= 15 is 0 Å². The molecule has 2 rings (SSSR count). The van der Waals surface area contributed by atoms with Crippen molar-refractivity contribution in [3.8, 4) is 5.75 Å². The van der Waals surface area contributed by atoms with Crippen molar-refractivity contribution in [1.82, 2.24) is 4.98 Å². The Hall–Kier alpha value is -1.42. The lowest BCUT2D eigenvalue weighted by atomic mass is 10.1. The predicted molar refractivity (Wildman–Crippen MR) is 64.2 cm³/mol. The second-order valence-electron chi connectivity index (χ2n) is 3.65. The Kier molecular flexibility index (Phi) is 3.74. The molecule has 0 aliphatic carbocycles. The molecule has 0 bridgehead atoms. The van der Waals surface area contributed by atoms with E-state index < -0.39 is 8.25 Å². The molecular formula is C11H13NO4P+. The molecule has 0 radical (unpaired) electrons. The van der Waals surface area contributed by atoms with E-state index in [9.17, 15) is 4.57 Å². The number of aliphatic hydroxyl groups is 1. The van der Waals surface area contributed by atoms with Gasteiger partial charge in [-0.3, -0.25) is 0 Å². The SMILES string of the molecule is O=[P+](O)Oc1cccc2[nH]cc(CCCO)c12. The molecule has 1 aromatic carbocycles. The second kappa shape index (κ2) is 5.27. The highest BCUT2D eigenvalue weighted by Crippen LogP contribution is 2.33. The average molecular weight is 254 g/mol. The van der Waals surface area contributed by atoms with Crippen LogP contribution in [-0.2, 0) is 11.0 Å². The lowest BCUT2D eigenvalue weighted by molar-refractivity contribution is 0.288. The summed E-state index contributed by atoms with van der Waals surface area (Å²) in [5.41, 5.74) is 1.83. The quantitative estimate of drug-likeness (QED) is 0.714. The summed E-state index contributed by atoms with van der Waals surface area (Å²) in [6.07, 6.45) is 3.17. The van der Waals surface area contributed by atoms with Gasteiger partial charge in [-0.1, -0.05) is 6.07 Å². The van der Waals surface area contributed by atoms with Crippen LogP contribution in [0.25, 0.3) is 10.9 Å². The van der Waals surface area contributed by atoms with E-state index in [1.807, 2.05) is 12.3 Å². The van der Waals surface area contributed by atoms with Crippen LogP contribution in [0, 0.1) is 0 Å². The average Bonchev–Trinajstić information content (AvgIpc) is 2.70. The third-order valence-electron chi connectivity index (χ3n) is 2.53. The van der Waals surface area contributed by atoms with E-state index in [0.29, 0.717) is 18.6 Å². The summed E-state index contributed by atoms with van der Waals surface area (Å²) >= 11 is 0. The van der Waals surface area contributed by atoms with Gasteiger partial charge in [0, 0.05) is 22.9 Å². The van der Waals surface area contributed by atoms with Crippen LogP contribution in [0.5, 0.6) is 5.75 Å². The first kappa shape index (κ1) is 12.0. The Balaban J connectivity index is 2.43. The molecule has 0 saturated heterocycles. The van der Waals surface area contributed by atoms with E-state index in [1.54, 1.807) is 12.1 Å². The van der Waals surface area contributed by atoms with E-state index in [-0.39, 0.29) is 6.61 Å². The van der Waals surface area contributed by atoms with Crippen molar-refractivity contribution in [3.05, 3.63) is 30.0 Å². The molecule has 17 heavy (non-hydrogen) atoms. The van der Waals surface area contributed by atoms with Crippen molar-refractivity contribution in [2.75, 3.05) is 6.61 Å². The maximum absolute atomic E-state index is 10.7. The summed E-state index contributed by atoms with van der Waals surface area (Å²) in [6.45, 7) is 0.115. The molecule has 1 heterocycles. The standard InChI is InChI=1S/C11H12NO4P/c13-6-2-3-8-7-12-9-4-1-5-10(11(8)9)16-17(14)15/h1,4-5,7,12-13H,2-3,6H2/p+1. The van der Waals surface area contributed by atoms with Gasteiger partial charge in [-0.15, -0.1) is 4.89 Å². The highest BCUT2D eigenvalue weighted by atomic mass is 31.1. The minimum Gasteiger partial charge on any atom is -0.396 e.